The Morgan fingerprint density at radius 3 is 2.76 bits per heavy atom. The van der Waals surface area contributed by atoms with Gasteiger partial charge in [0.05, 0.1) is 13.3 Å². The first-order valence-corrected chi connectivity index (χ1v) is 5.24. The number of nitrogens with one attached hydrogen (secondary N) is 1. The van der Waals surface area contributed by atoms with Crippen molar-refractivity contribution < 1.29 is 14.6 Å². The van der Waals surface area contributed by atoms with Gasteiger partial charge in [-0.05, 0) is 23.8 Å². The van der Waals surface area contributed by atoms with Gasteiger partial charge in [0, 0.05) is 5.92 Å². The summed E-state index contributed by atoms with van der Waals surface area (Å²) in [6.07, 6.45) is 1.46. The zero-order valence-electron chi connectivity index (χ0n) is 10.1. The lowest BCUT2D eigenvalue weighted by atomic mass is 10.2. The molecule has 0 fully saturated rings. The van der Waals surface area contributed by atoms with E-state index in [1.54, 1.807) is 26.0 Å². The van der Waals surface area contributed by atoms with Crippen LogP contribution in [0.5, 0.6) is 11.5 Å². The van der Waals surface area contributed by atoms with Crippen LogP contribution in [0.1, 0.15) is 19.4 Å². The molecular weight excluding hydrogens is 220 g/mol. The molecule has 1 rings (SSSR count). The minimum Gasteiger partial charge on any atom is -0.504 e. The Morgan fingerprint density at radius 1 is 1.53 bits per heavy atom. The highest BCUT2D eigenvalue weighted by molar-refractivity contribution is 5.83. The van der Waals surface area contributed by atoms with Gasteiger partial charge >= 0.3 is 0 Å². The number of rotatable bonds is 4. The van der Waals surface area contributed by atoms with Crippen molar-refractivity contribution in [1.82, 2.24) is 5.43 Å². The number of hydrogen-bond acceptors (Lipinski definition) is 4. The van der Waals surface area contributed by atoms with Crippen molar-refractivity contribution in [3.8, 4) is 11.5 Å². The first-order valence-electron chi connectivity index (χ1n) is 5.24. The normalized spacial score (nSPS) is 10.8. The highest BCUT2D eigenvalue weighted by Crippen LogP contribution is 2.25. The van der Waals surface area contributed by atoms with Crippen molar-refractivity contribution in [1.29, 1.82) is 0 Å². The van der Waals surface area contributed by atoms with Crippen LogP contribution in [0.15, 0.2) is 23.3 Å². The Balaban J connectivity index is 2.66. The predicted molar refractivity (Wildman–Crippen MR) is 65.2 cm³/mol. The van der Waals surface area contributed by atoms with Crippen LogP contribution in [0, 0.1) is 5.92 Å². The maximum Gasteiger partial charge on any atom is 0.242 e. The van der Waals surface area contributed by atoms with E-state index in [-0.39, 0.29) is 17.6 Å². The number of hydrogen-bond donors (Lipinski definition) is 2. The summed E-state index contributed by atoms with van der Waals surface area (Å²) in [4.78, 5) is 11.2. The van der Waals surface area contributed by atoms with E-state index in [1.165, 1.54) is 19.4 Å². The van der Waals surface area contributed by atoms with Gasteiger partial charge in [-0.25, -0.2) is 5.43 Å². The minimum atomic E-state index is -0.154. The fraction of sp³-hybridized carbons (Fsp3) is 0.333. The lowest BCUT2D eigenvalue weighted by Crippen LogP contribution is -2.22. The van der Waals surface area contributed by atoms with Crippen LogP contribution in [0.3, 0.4) is 0 Å². The van der Waals surface area contributed by atoms with E-state index in [1.807, 2.05) is 0 Å². The number of carbonyl (C=O) groups is 1. The second-order valence-electron chi connectivity index (χ2n) is 3.82. The quantitative estimate of drug-likeness (QED) is 0.615. The summed E-state index contributed by atoms with van der Waals surface area (Å²) in [5.74, 6) is 0.162. The molecule has 17 heavy (non-hydrogen) atoms. The topological polar surface area (TPSA) is 70.9 Å². The molecule has 1 aromatic rings. The molecule has 0 aliphatic rings. The Labute approximate surface area is 100 Å². The molecule has 0 saturated carbocycles. The summed E-state index contributed by atoms with van der Waals surface area (Å²) < 4.78 is 4.91. The van der Waals surface area contributed by atoms with Crippen molar-refractivity contribution in [2.24, 2.45) is 11.0 Å². The Hall–Kier alpha value is -2.04. The van der Waals surface area contributed by atoms with Gasteiger partial charge in [-0.15, -0.1) is 0 Å². The molecule has 1 aromatic carbocycles. The first-order chi connectivity index (χ1) is 8.04. The second kappa shape index (κ2) is 5.89. The van der Waals surface area contributed by atoms with Crippen LogP contribution in [0.2, 0.25) is 0 Å². The molecule has 0 aromatic heterocycles. The number of carbonyl (C=O) groups excluding carboxylic acids is 1. The zero-order chi connectivity index (χ0) is 12.8. The number of phenols is 1. The van der Waals surface area contributed by atoms with Gasteiger partial charge in [-0.3, -0.25) is 4.79 Å². The molecule has 0 atom stereocenters. The highest BCUT2D eigenvalue weighted by atomic mass is 16.5. The van der Waals surface area contributed by atoms with E-state index in [4.69, 9.17) is 4.74 Å². The number of nitrogens with zero attached hydrogens (tertiary/aromatic N) is 1. The molecule has 2 N–H and O–H groups in total. The standard InChI is InChI=1S/C12H16N2O3/c1-8(2)12(16)14-13-7-9-4-5-11(17-3)10(15)6-9/h4-8,15H,1-3H3,(H,14,16)/b13-7+. The fourth-order valence-corrected chi connectivity index (χ4v) is 1.09. The summed E-state index contributed by atoms with van der Waals surface area (Å²) >= 11 is 0. The minimum absolute atomic E-state index is 0.0339. The van der Waals surface area contributed by atoms with E-state index in [0.717, 1.165) is 0 Å². The molecule has 0 radical (unpaired) electrons. The fourth-order valence-electron chi connectivity index (χ4n) is 1.09. The molecule has 1 amide bonds. The van der Waals surface area contributed by atoms with Crippen molar-refractivity contribution >= 4 is 12.1 Å². The third-order valence-corrected chi connectivity index (χ3v) is 2.12. The molecule has 0 aliphatic heterocycles. The van der Waals surface area contributed by atoms with E-state index in [0.29, 0.717) is 11.3 Å². The van der Waals surface area contributed by atoms with Crippen molar-refractivity contribution in [2.45, 2.75) is 13.8 Å². The third kappa shape index (κ3) is 3.79. The molecule has 0 aliphatic carbocycles. The molecule has 92 valence electrons. The van der Waals surface area contributed by atoms with Gasteiger partial charge in [0.1, 0.15) is 0 Å². The van der Waals surface area contributed by atoms with Crippen molar-refractivity contribution in [2.75, 3.05) is 7.11 Å². The SMILES string of the molecule is COc1ccc(/C=N/NC(=O)C(C)C)cc1O. The van der Waals surface area contributed by atoms with Gasteiger partial charge in [0.2, 0.25) is 5.91 Å². The van der Waals surface area contributed by atoms with Crippen molar-refractivity contribution in [3.63, 3.8) is 0 Å². The molecule has 5 heteroatoms. The molecule has 0 bridgehead atoms. The van der Waals surface area contributed by atoms with Crippen LogP contribution in [-0.4, -0.2) is 24.3 Å². The summed E-state index contributed by atoms with van der Waals surface area (Å²) in [5.41, 5.74) is 3.07. The number of hydrazone groups is 1. The van der Waals surface area contributed by atoms with Crippen molar-refractivity contribution in [3.05, 3.63) is 23.8 Å². The summed E-state index contributed by atoms with van der Waals surface area (Å²) in [6.45, 7) is 3.56. The van der Waals surface area contributed by atoms with E-state index < -0.39 is 0 Å². The first kappa shape index (κ1) is 13.0. The third-order valence-electron chi connectivity index (χ3n) is 2.12. The Morgan fingerprint density at radius 2 is 2.24 bits per heavy atom. The summed E-state index contributed by atoms with van der Waals surface area (Å²) in [5, 5.41) is 13.3. The van der Waals surface area contributed by atoms with E-state index in [2.05, 4.69) is 10.5 Å². The molecule has 0 spiro atoms. The molecule has 5 nitrogen and oxygen atoms in total. The lowest BCUT2D eigenvalue weighted by molar-refractivity contribution is -0.123. The second-order valence-corrected chi connectivity index (χ2v) is 3.82. The van der Waals surface area contributed by atoms with Gasteiger partial charge in [0.25, 0.3) is 0 Å². The number of aromatic hydroxyl groups is 1. The average molecular weight is 236 g/mol. The number of ether oxygens (including phenoxy) is 1. The number of methoxy groups -OCH3 is 1. The van der Waals surface area contributed by atoms with Gasteiger partial charge < -0.3 is 9.84 Å². The maximum atomic E-state index is 11.2. The summed E-state index contributed by atoms with van der Waals surface area (Å²) in [6, 6.07) is 4.86. The molecule has 0 saturated heterocycles. The summed E-state index contributed by atoms with van der Waals surface area (Å²) in [7, 11) is 1.48. The van der Waals surface area contributed by atoms with Crippen LogP contribution in [0.4, 0.5) is 0 Å². The zero-order valence-corrected chi connectivity index (χ0v) is 10.1. The van der Waals surface area contributed by atoms with Crippen LogP contribution in [0.25, 0.3) is 0 Å². The molecular formula is C12H16N2O3. The smallest absolute Gasteiger partial charge is 0.242 e. The highest BCUT2D eigenvalue weighted by Gasteiger charge is 2.04. The van der Waals surface area contributed by atoms with Gasteiger partial charge in [-0.2, -0.15) is 5.10 Å². The monoisotopic (exact) mass is 236 g/mol. The van der Waals surface area contributed by atoms with Gasteiger partial charge in [0.15, 0.2) is 11.5 Å². The maximum absolute atomic E-state index is 11.2. The molecule has 0 heterocycles. The molecule has 0 unspecified atom stereocenters. The van der Waals surface area contributed by atoms with Gasteiger partial charge in [-0.1, -0.05) is 13.8 Å². The predicted octanol–water partition coefficient (Wildman–Crippen LogP) is 1.51. The number of benzene rings is 1. The average Bonchev–Trinajstić information content (AvgIpc) is 2.29. The van der Waals surface area contributed by atoms with Crippen LogP contribution < -0.4 is 10.2 Å². The Kier molecular flexibility index (Phi) is 4.51. The number of phenolic OH excluding ortho intramolecular Hbond substituents is 1. The van der Waals surface area contributed by atoms with Crippen LogP contribution in [-0.2, 0) is 4.79 Å². The van der Waals surface area contributed by atoms with E-state index in [9.17, 15) is 9.90 Å². The number of amides is 1. The van der Waals surface area contributed by atoms with Crippen LogP contribution >= 0.6 is 0 Å². The lowest BCUT2D eigenvalue weighted by Gasteiger charge is -2.03. The largest absolute Gasteiger partial charge is 0.504 e. The Bertz CT molecular complexity index is 428. The van der Waals surface area contributed by atoms with E-state index >= 15 is 0 Å².